The standard InChI is InChI=1S/C18H23N3O3/c22-18(19-7-3-8-21-9-12-23-13-10-21)20-16-5-1-4-15(14-16)17-6-2-11-24-17/h1-2,4-6,11,14H,3,7-10,12-13H2,(H2,19,20,22). The van der Waals surface area contributed by atoms with E-state index in [2.05, 4.69) is 15.5 Å². The molecule has 2 amide bonds. The molecule has 1 aliphatic heterocycles. The molecule has 0 atom stereocenters. The molecule has 0 saturated carbocycles. The van der Waals surface area contributed by atoms with Crippen LogP contribution in [0.3, 0.4) is 0 Å². The van der Waals surface area contributed by atoms with Crippen molar-refractivity contribution in [2.75, 3.05) is 44.7 Å². The molecular formula is C18H23N3O3. The summed E-state index contributed by atoms with van der Waals surface area (Å²) in [4.78, 5) is 14.3. The van der Waals surface area contributed by atoms with E-state index in [0.29, 0.717) is 6.54 Å². The maximum Gasteiger partial charge on any atom is 0.319 e. The van der Waals surface area contributed by atoms with E-state index < -0.39 is 0 Å². The highest BCUT2D eigenvalue weighted by atomic mass is 16.5. The van der Waals surface area contributed by atoms with E-state index in [1.165, 1.54) is 0 Å². The maximum absolute atomic E-state index is 12.0. The Kier molecular flexibility index (Phi) is 5.87. The number of amides is 2. The van der Waals surface area contributed by atoms with Crippen molar-refractivity contribution < 1.29 is 13.9 Å². The molecule has 1 saturated heterocycles. The molecule has 2 aromatic rings. The van der Waals surface area contributed by atoms with Crippen LogP contribution in [-0.2, 0) is 4.74 Å². The van der Waals surface area contributed by atoms with Crippen LogP contribution in [0.15, 0.2) is 47.1 Å². The summed E-state index contributed by atoms with van der Waals surface area (Å²) < 4.78 is 10.7. The number of nitrogens with one attached hydrogen (secondary N) is 2. The smallest absolute Gasteiger partial charge is 0.319 e. The van der Waals surface area contributed by atoms with Crippen molar-refractivity contribution in [3.8, 4) is 11.3 Å². The van der Waals surface area contributed by atoms with Gasteiger partial charge in [0.1, 0.15) is 5.76 Å². The Morgan fingerprint density at radius 3 is 2.83 bits per heavy atom. The Morgan fingerprint density at radius 1 is 1.17 bits per heavy atom. The monoisotopic (exact) mass is 329 g/mol. The average molecular weight is 329 g/mol. The molecule has 0 radical (unpaired) electrons. The zero-order valence-electron chi connectivity index (χ0n) is 13.7. The molecule has 0 bridgehead atoms. The Hall–Kier alpha value is -2.31. The van der Waals surface area contributed by atoms with Gasteiger partial charge in [-0.25, -0.2) is 4.79 Å². The second kappa shape index (κ2) is 8.52. The Balaban J connectivity index is 1.41. The van der Waals surface area contributed by atoms with Gasteiger partial charge < -0.3 is 19.8 Å². The van der Waals surface area contributed by atoms with Crippen molar-refractivity contribution >= 4 is 11.7 Å². The van der Waals surface area contributed by atoms with Crippen molar-refractivity contribution in [1.82, 2.24) is 10.2 Å². The van der Waals surface area contributed by atoms with E-state index in [0.717, 1.165) is 56.3 Å². The Labute approximate surface area is 141 Å². The minimum absolute atomic E-state index is 0.187. The van der Waals surface area contributed by atoms with Crippen LogP contribution >= 0.6 is 0 Å². The molecular weight excluding hydrogens is 306 g/mol. The molecule has 6 nitrogen and oxygen atoms in total. The minimum Gasteiger partial charge on any atom is -0.464 e. The third kappa shape index (κ3) is 4.84. The Morgan fingerprint density at radius 2 is 2.04 bits per heavy atom. The molecule has 1 aromatic heterocycles. The predicted octanol–water partition coefficient (Wildman–Crippen LogP) is 2.79. The number of hydrogen-bond acceptors (Lipinski definition) is 4. The number of benzene rings is 1. The van der Waals surface area contributed by atoms with Crippen LogP contribution in [-0.4, -0.2) is 50.3 Å². The van der Waals surface area contributed by atoms with Gasteiger partial charge in [-0.05, 0) is 37.2 Å². The highest BCUT2D eigenvalue weighted by Gasteiger charge is 2.09. The zero-order valence-corrected chi connectivity index (χ0v) is 13.7. The first-order chi connectivity index (χ1) is 11.8. The first kappa shape index (κ1) is 16.5. The summed E-state index contributed by atoms with van der Waals surface area (Å²) in [6, 6.07) is 11.2. The number of anilines is 1. The number of carbonyl (C=O) groups excluding carboxylic acids is 1. The molecule has 2 heterocycles. The summed E-state index contributed by atoms with van der Waals surface area (Å²) in [6.45, 7) is 5.20. The van der Waals surface area contributed by atoms with Gasteiger partial charge >= 0.3 is 6.03 Å². The fourth-order valence-corrected chi connectivity index (χ4v) is 2.70. The quantitative estimate of drug-likeness (QED) is 0.800. The number of carbonyl (C=O) groups is 1. The van der Waals surface area contributed by atoms with Crippen molar-refractivity contribution in [3.63, 3.8) is 0 Å². The van der Waals surface area contributed by atoms with Gasteiger partial charge in [0.05, 0.1) is 19.5 Å². The summed E-state index contributed by atoms with van der Waals surface area (Å²) in [6.07, 6.45) is 2.57. The molecule has 128 valence electrons. The molecule has 1 fully saturated rings. The van der Waals surface area contributed by atoms with E-state index in [-0.39, 0.29) is 6.03 Å². The molecule has 24 heavy (non-hydrogen) atoms. The molecule has 2 N–H and O–H groups in total. The number of furan rings is 1. The van der Waals surface area contributed by atoms with Gasteiger partial charge in [-0.1, -0.05) is 12.1 Å². The normalized spacial score (nSPS) is 15.2. The summed E-state index contributed by atoms with van der Waals surface area (Å²) in [5.41, 5.74) is 1.68. The summed E-state index contributed by atoms with van der Waals surface area (Å²) >= 11 is 0. The number of ether oxygens (including phenoxy) is 1. The molecule has 0 unspecified atom stereocenters. The van der Waals surface area contributed by atoms with E-state index in [1.54, 1.807) is 6.26 Å². The molecule has 6 heteroatoms. The second-order valence-electron chi connectivity index (χ2n) is 5.75. The number of morpholine rings is 1. The Bertz CT molecular complexity index is 637. The number of nitrogens with zero attached hydrogens (tertiary/aromatic N) is 1. The van der Waals surface area contributed by atoms with Crippen LogP contribution in [0.2, 0.25) is 0 Å². The highest BCUT2D eigenvalue weighted by Crippen LogP contribution is 2.22. The van der Waals surface area contributed by atoms with Crippen molar-refractivity contribution in [1.29, 1.82) is 0 Å². The fraction of sp³-hybridized carbons (Fsp3) is 0.389. The SMILES string of the molecule is O=C(NCCCN1CCOCC1)Nc1cccc(-c2ccco2)c1. The molecule has 1 aliphatic rings. The van der Waals surface area contributed by atoms with Gasteiger partial charge in [-0.3, -0.25) is 4.90 Å². The van der Waals surface area contributed by atoms with Crippen LogP contribution in [0.4, 0.5) is 10.5 Å². The van der Waals surface area contributed by atoms with E-state index >= 15 is 0 Å². The van der Waals surface area contributed by atoms with E-state index in [1.807, 2.05) is 36.4 Å². The zero-order chi connectivity index (χ0) is 16.6. The third-order valence-corrected chi connectivity index (χ3v) is 3.97. The first-order valence-corrected chi connectivity index (χ1v) is 8.30. The van der Waals surface area contributed by atoms with Gasteiger partial charge in [0.15, 0.2) is 0 Å². The van der Waals surface area contributed by atoms with E-state index in [4.69, 9.17) is 9.15 Å². The van der Waals surface area contributed by atoms with Crippen LogP contribution < -0.4 is 10.6 Å². The summed E-state index contributed by atoms with van der Waals surface area (Å²) in [7, 11) is 0. The van der Waals surface area contributed by atoms with Gasteiger partial charge in [-0.2, -0.15) is 0 Å². The lowest BCUT2D eigenvalue weighted by atomic mass is 10.1. The maximum atomic E-state index is 12.0. The van der Waals surface area contributed by atoms with Crippen molar-refractivity contribution in [2.24, 2.45) is 0 Å². The third-order valence-electron chi connectivity index (χ3n) is 3.97. The highest BCUT2D eigenvalue weighted by molar-refractivity contribution is 5.89. The number of rotatable bonds is 6. The van der Waals surface area contributed by atoms with Crippen molar-refractivity contribution in [2.45, 2.75) is 6.42 Å². The lowest BCUT2D eigenvalue weighted by Crippen LogP contribution is -2.38. The minimum atomic E-state index is -0.187. The van der Waals surface area contributed by atoms with Gasteiger partial charge in [0.25, 0.3) is 0 Å². The summed E-state index contributed by atoms with van der Waals surface area (Å²) in [5, 5.41) is 5.75. The topological polar surface area (TPSA) is 66.7 Å². The molecule has 0 aliphatic carbocycles. The van der Waals surface area contributed by atoms with Gasteiger partial charge in [-0.15, -0.1) is 0 Å². The number of hydrogen-bond donors (Lipinski definition) is 2. The molecule has 0 spiro atoms. The lowest BCUT2D eigenvalue weighted by Gasteiger charge is -2.26. The predicted molar refractivity (Wildman–Crippen MR) is 93.0 cm³/mol. The second-order valence-corrected chi connectivity index (χ2v) is 5.75. The molecule has 1 aromatic carbocycles. The van der Waals surface area contributed by atoms with Crippen LogP contribution in [0.5, 0.6) is 0 Å². The lowest BCUT2D eigenvalue weighted by molar-refractivity contribution is 0.0375. The summed E-state index contributed by atoms with van der Waals surface area (Å²) in [5.74, 6) is 0.782. The van der Waals surface area contributed by atoms with Crippen LogP contribution in [0, 0.1) is 0 Å². The van der Waals surface area contributed by atoms with Crippen LogP contribution in [0.25, 0.3) is 11.3 Å². The van der Waals surface area contributed by atoms with Gasteiger partial charge in [0.2, 0.25) is 0 Å². The van der Waals surface area contributed by atoms with Crippen molar-refractivity contribution in [3.05, 3.63) is 42.7 Å². The first-order valence-electron chi connectivity index (χ1n) is 8.30. The largest absolute Gasteiger partial charge is 0.464 e. The average Bonchev–Trinajstić information content (AvgIpc) is 3.15. The fourth-order valence-electron chi connectivity index (χ4n) is 2.70. The van der Waals surface area contributed by atoms with Crippen LogP contribution in [0.1, 0.15) is 6.42 Å². The van der Waals surface area contributed by atoms with E-state index in [9.17, 15) is 4.79 Å². The number of urea groups is 1. The van der Waals surface area contributed by atoms with Gasteiger partial charge in [0, 0.05) is 30.9 Å². The molecule has 3 rings (SSSR count).